The molecule has 1 aromatic rings. The van der Waals surface area contributed by atoms with E-state index < -0.39 is 0 Å². The van der Waals surface area contributed by atoms with E-state index in [9.17, 15) is 0 Å². The zero-order chi connectivity index (χ0) is 13.5. The Bertz CT molecular complexity index is 386. The van der Waals surface area contributed by atoms with E-state index in [1.807, 2.05) is 0 Å². The molecule has 1 aromatic carbocycles. The van der Waals surface area contributed by atoms with Gasteiger partial charge in [0, 0.05) is 18.2 Å². The van der Waals surface area contributed by atoms with Crippen molar-refractivity contribution in [3.63, 3.8) is 0 Å². The summed E-state index contributed by atoms with van der Waals surface area (Å²) in [5.41, 5.74) is 2.53. The largest absolute Gasteiger partial charge is 0.496 e. The van der Waals surface area contributed by atoms with Crippen LogP contribution in [0.3, 0.4) is 0 Å². The molecule has 2 rings (SSSR count). The van der Waals surface area contributed by atoms with Gasteiger partial charge in [0.25, 0.3) is 0 Å². The van der Waals surface area contributed by atoms with E-state index in [0.717, 1.165) is 18.8 Å². The second-order valence-electron chi connectivity index (χ2n) is 5.43. The molecule has 1 heterocycles. The van der Waals surface area contributed by atoms with Crippen LogP contribution in [0.2, 0.25) is 0 Å². The van der Waals surface area contributed by atoms with E-state index in [0.29, 0.717) is 6.04 Å². The number of hydrogen-bond donors (Lipinski definition) is 2. The molecule has 1 unspecified atom stereocenters. The molecule has 1 fully saturated rings. The number of hydrogen-bond acceptors (Lipinski definition) is 3. The van der Waals surface area contributed by atoms with Gasteiger partial charge in [-0.2, -0.15) is 0 Å². The second kappa shape index (κ2) is 7.51. The number of benzene rings is 1. The van der Waals surface area contributed by atoms with Gasteiger partial charge in [-0.3, -0.25) is 0 Å². The average molecular weight is 262 g/mol. The maximum Gasteiger partial charge on any atom is 0.123 e. The molecular formula is C16H26N2O. The fraction of sp³-hybridized carbons (Fsp3) is 0.625. The molecule has 0 amide bonds. The monoisotopic (exact) mass is 262 g/mol. The van der Waals surface area contributed by atoms with Crippen LogP contribution in [0.5, 0.6) is 5.75 Å². The minimum Gasteiger partial charge on any atom is -0.496 e. The molecule has 1 aliphatic heterocycles. The van der Waals surface area contributed by atoms with Crippen LogP contribution in [0.1, 0.15) is 36.8 Å². The highest BCUT2D eigenvalue weighted by molar-refractivity contribution is 5.36. The fourth-order valence-corrected chi connectivity index (χ4v) is 2.72. The molecule has 0 saturated carbocycles. The summed E-state index contributed by atoms with van der Waals surface area (Å²) in [6, 6.07) is 7.05. The molecule has 3 nitrogen and oxygen atoms in total. The average Bonchev–Trinajstić information content (AvgIpc) is 2.45. The molecule has 0 bridgehead atoms. The number of aryl methyl sites for hydroxylation is 1. The molecule has 19 heavy (non-hydrogen) atoms. The van der Waals surface area contributed by atoms with Gasteiger partial charge in [0.2, 0.25) is 0 Å². The van der Waals surface area contributed by atoms with Crippen molar-refractivity contribution in [1.29, 1.82) is 0 Å². The summed E-state index contributed by atoms with van der Waals surface area (Å²) in [5, 5.41) is 7.12. The van der Waals surface area contributed by atoms with E-state index in [-0.39, 0.29) is 0 Å². The summed E-state index contributed by atoms with van der Waals surface area (Å²) in [7, 11) is 1.74. The smallest absolute Gasteiger partial charge is 0.123 e. The van der Waals surface area contributed by atoms with E-state index in [4.69, 9.17) is 4.74 Å². The maximum absolute atomic E-state index is 5.39. The van der Waals surface area contributed by atoms with Gasteiger partial charge in [0.1, 0.15) is 5.75 Å². The Balaban J connectivity index is 1.74. The Kier molecular flexibility index (Phi) is 5.67. The summed E-state index contributed by atoms with van der Waals surface area (Å²) in [6.07, 6.45) is 5.26. The van der Waals surface area contributed by atoms with Crippen molar-refractivity contribution < 1.29 is 4.74 Å². The molecule has 3 heteroatoms. The highest BCUT2D eigenvalue weighted by atomic mass is 16.5. The molecule has 0 aliphatic carbocycles. The predicted molar refractivity (Wildman–Crippen MR) is 79.7 cm³/mol. The number of ether oxygens (including phenoxy) is 1. The Morgan fingerprint density at radius 2 is 2.26 bits per heavy atom. The molecule has 0 radical (unpaired) electrons. The number of nitrogens with one attached hydrogen (secondary N) is 2. The topological polar surface area (TPSA) is 33.3 Å². The van der Waals surface area contributed by atoms with Gasteiger partial charge >= 0.3 is 0 Å². The van der Waals surface area contributed by atoms with Gasteiger partial charge < -0.3 is 15.4 Å². The Labute approximate surface area is 116 Å². The first-order valence-corrected chi connectivity index (χ1v) is 7.37. The van der Waals surface area contributed by atoms with E-state index >= 15 is 0 Å². The van der Waals surface area contributed by atoms with Crippen molar-refractivity contribution in [3.8, 4) is 5.75 Å². The predicted octanol–water partition coefficient (Wildman–Crippen LogP) is 2.63. The minimum atomic E-state index is 0.709. The van der Waals surface area contributed by atoms with Gasteiger partial charge in [-0.15, -0.1) is 0 Å². The maximum atomic E-state index is 5.39. The summed E-state index contributed by atoms with van der Waals surface area (Å²) < 4.78 is 5.39. The summed E-state index contributed by atoms with van der Waals surface area (Å²) in [5.74, 6) is 0.980. The lowest BCUT2D eigenvalue weighted by Gasteiger charge is -2.23. The molecule has 106 valence electrons. The molecule has 1 saturated heterocycles. The molecular weight excluding hydrogens is 236 g/mol. The van der Waals surface area contributed by atoms with Gasteiger partial charge in [-0.05, 0) is 45.3 Å². The van der Waals surface area contributed by atoms with Crippen molar-refractivity contribution in [3.05, 3.63) is 29.3 Å². The molecule has 1 atom stereocenters. The lowest BCUT2D eigenvalue weighted by atomic mass is 10.0. The van der Waals surface area contributed by atoms with Crippen LogP contribution in [-0.2, 0) is 6.54 Å². The normalized spacial score (nSPS) is 19.4. The Hall–Kier alpha value is -1.06. The Morgan fingerprint density at radius 1 is 1.37 bits per heavy atom. The lowest BCUT2D eigenvalue weighted by molar-refractivity contribution is 0.374. The first-order chi connectivity index (χ1) is 9.29. The van der Waals surface area contributed by atoms with Crippen molar-refractivity contribution in [2.45, 2.75) is 45.2 Å². The van der Waals surface area contributed by atoms with E-state index in [1.54, 1.807) is 7.11 Å². The first-order valence-electron chi connectivity index (χ1n) is 7.37. The number of methoxy groups -OCH3 is 1. The summed E-state index contributed by atoms with van der Waals surface area (Å²) >= 11 is 0. The van der Waals surface area contributed by atoms with E-state index in [1.165, 1.54) is 43.4 Å². The SMILES string of the molecule is COc1ccc(C)cc1CNCCC1CCCCN1. The van der Waals surface area contributed by atoms with Crippen LogP contribution in [0, 0.1) is 6.92 Å². The zero-order valence-electron chi connectivity index (χ0n) is 12.2. The van der Waals surface area contributed by atoms with Crippen LogP contribution >= 0.6 is 0 Å². The van der Waals surface area contributed by atoms with Gasteiger partial charge in [-0.25, -0.2) is 0 Å². The highest BCUT2D eigenvalue weighted by Crippen LogP contribution is 2.19. The van der Waals surface area contributed by atoms with Crippen molar-refractivity contribution in [1.82, 2.24) is 10.6 Å². The third-order valence-electron chi connectivity index (χ3n) is 3.83. The lowest BCUT2D eigenvalue weighted by Crippen LogP contribution is -2.36. The second-order valence-corrected chi connectivity index (χ2v) is 5.43. The minimum absolute atomic E-state index is 0.709. The van der Waals surface area contributed by atoms with Gasteiger partial charge in [0.05, 0.1) is 7.11 Å². The first kappa shape index (κ1) is 14.4. The van der Waals surface area contributed by atoms with E-state index in [2.05, 4.69) is 35.8 Å². The van der Waals surface area contributed by atoms with Crippen molar-refractivity contribution in [2.24, 2.45) is 0 Å². The summed E-state index contributed by atoms with van der Waals surface area (Å²) in [4.78, 5) is 0. The molecule has 0 aromatic heterocycles. The standard InChI is InChI=1S/C16H26N2O/c1-13-6-7-16(19-2)14(11-13)12-17-10-8-15-5-3-4-9-18-15/h6-7,11,15,17-18H,3-5,8-10,12H2,1-2H3. The van der Waals surface area contributed by atoms with Crippen LogP contribution < -0.4 is 15.4 Å². The van der Waals surface area contributed by atoms with Crippen LogP contribution in [0.15, 0.2) is 18.2 Å². The molecule has 0 spiro atoms. The molecule has 2 N–H and O–H groups in total. The third kappa shape index (κ3) is 4.51. The quantitative estimate of drug-likeness (QED) is 0.773. The number of rotatable bonds is 6. The number of piperidine rings is 1. The Morgan fingerprint density at radius 3 is 3.00 bits per heavy atom. The van der Waals surface area contributed by atoms with Gasteiger partial charge in [-0.1, -0.05) is 24.1 Å². The summed E-state index contributed by atoms with van der Waals surface area (Å²) in [6.45, 7) is 5.26. The van der Waals surface area contributed by atoms with Crippen LogP contribution in [0.4, 0.5) is 0 Å². The van der Waals surface area contributed by atoms with Gasteiger partial charge in [0.15, 0.2) is 0 Å². The van der Waals surface area contributed by atoms with Crippen LogP contribution in [-0.4, -0.2) is 26.2 Å². The zero-order valence-corrected chi connectivity index (χ0v) is 12.2. The fourth-order valence-electron chi connectivity index (χ4n) is 2.72. The van der Waals surface area contributed by atoms with Crippen molar-refractivity contribution >= 4 is 0 Å². The van der Waals surface area contributed by atoms with Crippen LogP contribution in [0.25, 0.3) is 0 Å². The van der Waals surface area contributed by atoms with Crippen molar-refractivity contribution in [2.75, 3.05) is 20.2 Å². The highest BCUT2D eigenvalue weighted by Gasteiger charge is 2.11. The third-order valence-corrected chi connectivity index (χ3v) is 3.83. The molecule has 1 aliphatic rings.